The molecule has 0 radical (unpaired) electrons. The van der Waals surface area contributed by atoms with Gasteiger partial charge in [-0.2, -0.15) is 0 Å². The van der Waals surface area contributed by atoms with Gasteiger partial charge in [-0.3, -0.25) is 0 Å². The minimum Gasteiger partial charge on any atom is -0.308 e. The Balaban J connectivity index is 1.22. The molecule has 0 amide bonds. The molecule has 0 N–H and O–H groups in total. The lowest BCUT2D eigenvalue weighted by Gasteiger charge is -2.21. The molecule has 0 saturated heterocycles. The molecule has 12 aromatic rings. The summed E-state index contributed by atoms with van der Waals surface area (Å²) in [5, 5.41) is 14.9. The first kappa shape index (κ1) is 33.4. The van der Waals surface area contributed by atoms with Crippen LogP contribution < -0.4 is 0 Å². The van der Waals surface area contributed by atoms with E-state index < -0.39 is 0 Å². The largest absolute Gasteiger partial charge is 0.308 e. The van der Waals surface area contributed by atoms with Gasteiger partial charge in [-0.25, -0.2) is 0 Å². The Kier molecular flexibility index (Phi) is 7.61. The van der Waals surface area contributed by atoms with Crippen LogP contribution in [0.2, 0.25) is 0 Å². The Morgan fingerprint density at radius 3 is 1.05 bits per heavy atom. The minimum absolute atomic E-state index is 1.15. The molecule has 0 saturated carbocycles. The molecule has 274 valence electrons. The Labute approximate surface area is 342 Å². The first-order valence-corrected chi connectivity index (χ1v) is 20.4. The van der Waals surface area contributed by atoms with Crippen LogP contribution in [0.4, 0.5) is 0 Å². The van der Waals surface area contributed by atoms with E-state index in [-0.39, 0.29) is 0 Å². The third-order valence-corrected chi connectivity index (χ3v) is 12.3. The fourth-order valence-corrected chi connectivity index (χ4v) is 9.60. The number of hydrogen-bond donors (Lipinski definition) is 0. The van der Waals surface area contributed by atoms with Crippen molar-refractivity contribution >= 4 is 64.6 Å². The van der Waals surface area contributed by atoms with E-state index in [1.165, 1.54) is 104 Å². The fraction of sp³-hybridized carbons (Fsp3) is 0. The summed E-state index contributed by atoms with van der Waals surface area (Å²) >= 11 is 0. The summed E-state index contributed by atoms with van der Waals surface area (Å²) in [4.78, 5) is 0. The molecule has 1 heteroatoms. The van der Waals surface area contributed by atoms with Gasteiger partial charge in [0.25, 0.3) is 0 Å². The second kappa shape index (κ2) is 13.4. The lowest BCUT2D eigenvalue weighted by molar-refractivity contribution is 1.12. The van der Waals surface area contributed by atoms with Crippen LogP contribution in [0.25, 0.3) is 115 Å². The van der Waals surface area contributed by atoms with Crippen molar-refractivity contribution in [2.75, 3.05) is 0 Å². The van der Waals surface area contributed by atoms with Crippen LogP contribution >= 0.6 is 0 Å². The highest BCUT2D eigenvalue weighted by atomic mass is 15.0. The third-order valence-electron chi connectivity index (χ3n) is 12.3. The molecule has 11 aromatic carbocycles. The zero-order valence-corrected chi connectivity index (χ0v) is 32.3. The van der Waals surface area contributed by atoms with Gasteiger partial charge < -0.3 is 4.57 Å². The van der Waals surface area contributed by atoms with E-state index in [9.17, 15) is 0 Å². The predicted molar refractivity (Wildman–Crippen MR) is 253 cm³/mol. The maximum Gasteiger partial charge on any atom is 0.0619 e. The predicted octanol–water partition coefficient (Wildman–Crippen LogP) is 16.1. The van der Waals surface area contributed by atoms with Gasteiger partial charge in [-0.05, 0) is 130 Å². The molecule has 0 aliphatic carbocycles. The minimum atomic E-state index is 1.15. The van der Waals surface area contributed by atoms with Crippen LogP contribution in [-0.4, -0.2) is 4.57 Å². The van der Waals surface area contributed by atoms with Gasteiger partial charge in [0.15, 0.2) is 0 Å². The summed E-state index contributed by atoms with van der Waals surface area (Å²) in [5.41, 5.74) is 10.7. The summed E-state index contributed by atoms with van der Waals surface area (Å²) in [6, 6.07) is 82.8. The van der Waals surface area contributed by atoms with Crippen molar-refractivity contribution in [1.82, 2.24) is 4.57 Å². The van der Waals surface area contributed by atoms with Crippen LogP contribution in [0.1, 0.15) is 0 Å². The van der Waals surface area contributed by atoms with Gasteiger partial charge in [0.05, 0.1) is 17.1 Å². The molecule has 0 unspecified atom stereocenters. The highest BCUT2D eigenvalue weighted by Gasteiger charge is 2.21. The van der Waals surface area contributed by atoms with Crippen molar-refractivity contribution in [2.24, 2.45) is 0 Å². The smallest absolute Gasteiger partial charge is 0.0619 e. The van der Waals surface area contributed by atoms with E-state index >= 15 is 0 Å². The SMILES string of the molecule is c1ccc(-c2ccc(-c3ccccc3)n2-c2c3cc(-c4cc5ccccc5c5ccccc45)ccc3cc3ccc(-c4cc5ccccc5c5ccccc45)cc23)cc1. The molecule has 0 spiro atoms. The van der Waals surface area contributed by atoms with Crippen LogP contribution in [0.15, 0.2) is 224 Å². The van der Waals surface area contributed by atoms with E-state index in [0.29, 0.717) is 0 Å². The number of hydrogen-bond acceptors (Lipinski definition) is 0. The van der Waals surface area contributed by atoms with Gasteiger partial charge in [0, 0.05) is 10.8 Å². The van der Waals surface area contributed by atoms with Crippen LogP contribution in [-0.2, 0) is 0 Å². The molecule has 1 heterocycles. The number of rotatable bonds is 5. The van der Waals surface area contributed by atoms with Crippen molar-refractivity contribution in [2.45, 2.75) is 0 Å². The summed E-state index contributed by atoms with van der Waals surface area (Å²) in [7, 11) is 0. The molecule has 1 nitrogen and oxygen atoms in total. The molecular formula is C58H37N. The highest BCUT2D eigenvalue weighted by molar-refractivity contribution is 6.17. The van der Waals surface area contributed by atoms with Crippen molar-refractivity contribution in [3.8, 4) is 50.5 Å². The van der Waals surface area contributed by atoms with Crippen LogP contribution in [0.5, 0.6) is 0 Å². The molecule has 0 bridgehead atoms. The Morgan fingerprint density at radius 2 is 0.593 bits per heavy atom. The Hall–Kier alpha value is -7.74. The average Bonchev–Trinajstić information content (AvgIpc) is 3.75. The van der Waals surface area contributed by atoms with Crippen molar-refractivity contribution in [3.63, 3.8) is 0 Å². The second-order valence-corrected chi connectivity index (χ2v) is 15.6. The molecule has 0 atom stereocenters. The Bertz CT molecular complexity index is 3360. The van der Waals surface area contributed by atoms with Crippen molar-refractivity contribution < 1.29 is 0 Å². The van der Waals surface area contributed by atoms with Crippen LogP contribution in [0, 0.1) is 0 Å². The van der Waals surface area contributed by atoms with Crippen LogP contribution in [0.3, 0.4) is 0 Å². The lowest BCUT2D eigenvalue weighted by Crippen LogP contribution is -2.02. The standard InChI is InChI=1S/C58H37N/c1-3-15-38(16-4-1)56-31-32-57(39-17-5-2-6-18-39)59(56)58-54-36-44(52-34-40-19-7-9-21-46(40)48-23-11-13-25-50(48)52)29-27-42(54)33-43-28-30-45(37-55(43)58)53-35-41-20-8-10-22-47(41)49-24-12-14-26-51(49)53/h1-37H. The van der Waals surface area contributed by atoms with E-state index in [2.05, 4.69) is 229 Å². The van der Waals surface area contributed by atoms with Crippen molar-refractivity contribution in [3.05, 3.63) is 224 Å². The summed E-state index contributed by atoms with van der Waals surface area (Å²) in [6.45, 7) is 0. The maximum atomic E-state index is 2.53. The monoisotopic (exact) mass is 747 g/mol. The summed E-state index contributed by atoms with van der Waals surface area (Å²) in [5.74, 6) is 0. The molecule has 59 heavy (non-hydrogen) atoms. The highest BCUT2D eigenvalue weighted by Crippen LogP contribution is 2.44. The third kappa shape index (κ3) is 5.40. The van der Waals surface area contributed by atoms with Gasteiger partial charge in [-0.1, -0.05) is 182 Å². The average molecular weight is 748 g/mol. The first-order chi connectivity index (χ1) is 29.3. The number of aromatic nitrogens is 1. The molecule has 1 aromatic heterocycles. The zero-order chi connectivity index (χ0) is 38.9. The first-order valence-electron chi connectivity index (χ1n) is 20.4. The summed E-state index contributed by atoms with van der Waals surface area (Å²) < 4.78 is 2.53. The van der Waals surface area contributed by atoms with Crippen molar-refractivity contribution in [1.29, 1.82) is 0 Å². The lowest BCUT2D eigenvalue weighted by atomic mass is 9.89. The summed E-state index contributed by atoms with van der Waals surface area (Å²) in [6.07, 6.45) is 0. The quantitative estimate of drug-likeness (QED) is 0.122. The van der Waals surface area contributed by atoms with Gasteiger partial charge >= 0.3 is 0 Å². The maximum absolute atomic E-state index is 2.53. The van der Waals surface area contributed by atoms with Gasteiger partial charge in [0.1, 0.15) is 0 Å². The number of fused-ring (bicyclic) bond motifs is 8. The number of benzene rings is 11. The van der Waals surface area contributed by atoms with E-state index in [1.807, 2.05) is 0 Å². The topological polar surface area (TPSA) is 4.93 Å². The Morgan fingerprint density at radius 1 is 0.220 bits per heavy atom. The fourth-order valence-electron chi connectivity index (χ4n) is 9.60. The number of nitrogens with zero attached hydrogens (tertiary/aromatic N) is 1. The normalized spacial score (nSPS) is 11.7. The molecule has 0 aliphatic heterocycles. The molecule has 0 aliphatic rings. The van der Waals surface area contributed by atoms with E-state index in [1.54, 1.807) is 0 Å². The second-order valence-electron chi connectivity index (χ2n) is 15.6. The molecule has 12 rings (SSSR count). The van der Waals surface area contributed by atoms with E-state index in [4.69, 9.17) is 0 Å². The van der Waals surface area contributed by atoms with E-state index in [0.717, 1.165) is 11.4 Å². The zero-order valence-electron chi connectivity index (χ0n) is 32.3. The molecule has 0 fully saturated rings. The van der Waals surface area contributed by atoms with Gasteiger partial charge in [-0.15, -0.1) is 0 Å². The molecular weight excluding hydrogens is 711 g/mol. The van der Waals surface area contributed by atoms with Gasteiger partial charge in [0.2, 0.25) is 0 Å².